The van der Waals surface area contributed by atoms with Crippen LogP contribution >= 0.6 is 23.6 Å². The highest BCUT2D eigenvalue weighted by Gasteiger charge is 2.40. The first-order valence-electron chi connectivity index (χ1n) is 7.33. The van der Waals surface area contributed by atoms with Gasteiger partial charge >= 0.3 is 0 Å². The third-order valence-corrected chi connectivity index (χ3v) is 4.98. The van der Waals surface area contributed by atoms with E-state index in [1.807, 2.05) is 35.7 Å². The number of rotatable bonds is 5. The Balaban J connectivity index is 1.93. The first kappa shape index (κ1) is 16.5. The number of nitrogens with one attached hydrogen (secondary N) is 2. The Morgan fingerprint density at radius 3 is 2.33 bits per heavy atom. The number of hydrogen-bond acceptors (Lipinski definition) is 5. The van der Waals surface area contributed by atoms with E-state index < -0.39 is 23.7 Å². The zero-order chi connectivity index (χ0) is 17.1. The average Bonchev–Trinajstić information content (AvgIpc) is 3.08. The van der Waals surface area contributed by atoms with Gasteiger partial charge in [0.25, 0.3) is 0 Å². The minimum Gasteiger partial charge on any atom is -0.302 e. The fraction of sp³-hybridized carbons (Fsp3) is 0.176. The number of ketones is 1. The smallest absolute Gasteiger partial charge is 0.239 e. The Morgan fingerprint density at radius 1 is 1.08 bits per heavy atom. The molecule has 2 aromatic rings. The second-order valence-electron chi connectivity index (χ2n) is 5.41. The molecule has 2 N–H and O–H groups in total. The fourth-order valence-electron chi connectivity index (χ4n) is 2.76. The third kappa shape index (κ3) is 3.42. The van der Waals surface area contributed by atoms with Crippen LogP contribution in [0.2, 0.25) is 0 Å². The van der Waals surface area contributed by atoms with Crippen LogP contribution in [0.1, 0.15) is 27.6 Å². The second-order valence-corrected chi connectivity index (χ2v) is 6.76. The Hall–Kier alpha value is -2.38. The van der Waals surface area contributed by atoms with Crippen LogP contribution < -0.4 is 10.6 Å². The van der Waals surface area contributed by atoms with Crippen molar-refractivity contribution in [3.63, 3.8) is 0 Å². The first-order valence-corrected chi connectivity index (χ1v) is 8.62. The predicted octanol–water partition coefficient (Wildman–Crippen LogP) is 2.25. The van der Waals surface area contributed by atoms with Gasteiger partial charge in [0.2, 0.25) is 11.8 Å². The molecule has 2 heterocycles. The van der Waals surface area contributed by atoms with Crippen LogP contribution in [0.15, 0.2) is 47.8 Å². The molecule has 1 aliphatic rings. The van der Waals surface area contributed by atoms with Gasteiger partial charge in [-0.25, -0.2) is 0 Å². The summed E-state index contributed by atoms with van der Waals surface area (Å²) in [6.45, 7) is 0. The highest BCUT2D eigenvalue weighted by Crippen LogP contribution is 2.32. The highest BCUT2D eigenvalue weighted by atomic mass is 32.1. The van der Waals surface area contributed by atoms with Gasteiger partial charge in [-0.1, -0.05) is 36.4 Å². The average molecular weight is 358 g/mol. The summed E-state index contributed by atoms with van der Waals surface area (Å²) in [5.74, 6) is -2.59. The number of carbonyl (C=O) groups excluding carboxylic acids is 3. The van der Waals surface area contributed by atoms with E-state index in [0.29, 0.717) is 4.88 Å². The van der Waals surface area contributed by atoms with E-state index in [4.69, 9.17) is 12.2 Å². The molecule has 0 spiro atoms. The van der Waals surface area contributed by atoms with Crippen LogP contribution in [-0.4, -0.2) is 22.7 Å². The molecule has 7 heteroatoms. The molecule has 24 heavy (non-hydrogen) atoms. The van der Waals surface area contributed by atoms with Gasteiger partial charge < -0.3 is 10.6 Å². The summed E-state index contributed by atoms with van der Waals surface area (Å²) in [5, 5.41) is 6.76. The highest BCUT2D eigenvalue weighted by molar-refractivity contribution is 7.80. The number of thiocarbonyl (C=S) groups is 1. The number of Topliss-reactive ketones (excluding diaryl/α,β-unsaturated/α-hetero) is 1. The zero-order valence-electron chi connectivity index (χ0n) is 12.5. The van der Waals surface area contributed by atoms with E-state index in [9.17, 15) is 14.4 Å². The number of carbonyl (C=O) groups is 3. The maximum absolute atomic E-state index is 12.5. The van der Waals surface area contributed by atoms with E-state index in [1.165, 1.54) is 11.3 Å². The lowest BCUT2D eigenvalue weighted by molar-refractivity contribution is -0.136. The summed E-state index contributed by atoms with van der Waals surface area (Å²) < 4.78 is 0. The largest absolute Gasteiger partial charge is 0.302 e. The summed E-state index contributed by atoms with van der Waals surface area (Å²) in [5.41, 5.74) is 0.769. The van der Waals surface area contributed by atoms with Gasteiger partial charge in [-0.15, -0.1) is 11.3 Å². The molecule has 1 saturated heterocycles. The minimum atomic E-state index is -0.997. The van der Waals surface area contributed by atoms with E-state index in [1.54, 1.807) is 12.1 Å². The summed E-state index contributed by atoms with van der Waals surface area (Å²) in [6, 6.07) is 12.7. The molecule has 0 bridgehead atoms. The van der Waals surface area contributed by atoms with Crippen molar-refractivity contribution in [1.29, 1.82) is 0 Å². The van der Waals surface area contributed by atoms with Gasteiger partial charge in [0, 0.05) is 12.3 Å². The molecular formula is C17H14N2O3S2. The maximum atomic E-state index is 12.5. The zero-order valence-corrected chi connectivity index (χ0v) is 14.2. The minimum absolute atomic E-state index is 0.00218. The molecule has 0 saturated carbocycles. The van der Waals surface area contributed by atoms with Gasteiger partial charge in [0.1, 0.15) is 5.92 Å². The lowest BCUT2D eigenvalue weighted by Gasteiger charge is -2.29. The quantitative estimate of drug-likeness (QED) is 0.488. The Labute approximate surface area is 148 Å². The van der Waals surface area contributed by atoms with Gasteiger partial charge in [-0.2, -0.15) is 0 Å². The van der Waals surface area contributed by atoms with Gasteiger partial charge in [0.05, 0.1) is 4.88 Å². The van der Waals surface area contributed by atoms with Crippen molar-refractivity contribution < 1.29 is 14.4 Å². The topological polar surface area (TPSA) is 75.3 Å². The summed E-state index contributed by atoms with van der Waals surface area (Å²) in [4.78, 5) is 37.8. The van der Waals surface area contributed by atoms with Gasteiger partial charge in [-0.3, -0.25) is 14.4 Å². The molecule has 1 aliphatic heterocycles. The predicted molar refractivity (Wildman–Crippen MR) is 94.8 cm³/mol. The normalized spacial score (nSPS) is 16.4. The maximum Gasteiger partial charge on any atom is 0.239 e. The van der Waals surface area contributed by atoms with E-state index >= 15 is 0 Å². The van der Waals surface area contributed by atoms with Crippen molar-refractivity contribution in [3.8, 4) is 0 Å². The van der Waals surface area contributed by atoms with Crippen molar-refractivity contribution >= 4 is 46.3 Å². The summed E-state index contributed by atoms with van der Waals surface area (Å²) in [7, 11) is 0. The number of thiophene rings is 1. The van der Waals surface area contributed by atoms with Crippen LogP contribution in [0.4, 0.5) is 0 Å². The third-order valence-electron chi connectivity index (χ3n) is 3.87. The molecule has 1 atom stereocenters. The molecule has 3 rings (SSSR count). The van der Waals surface area contributed by atoms with Crippen LogP contribution in [0.3, 0.4) is 0 Å². The fourth-order valence-corrected chi connectivity index (χ4v) is 3.64. The summed E-state index contributed by atoms with van der Waals surface area (Å²) in [6.07, 6.45) is 0.0722. The molecule has 1 unspecified atom stereocenters. The van der Waals surface area contributed by atoms with Crippen LogP contribution in [0.5, 0.6) is 0 Å². The molecule has 2 amide bonds. The van der Waals surface area contributed by atoms with Gasteiger partial charge in [0.15, 0.2) is 10.9 Å². The Bertz CT molecular complexity index is 767. The van der Waals surface area contributed by atoms with E-state index in [2.05, 4.69) is 10.6 Å². The van der Waals surface area contributed by atoms with Crippen molar-refractivity contribution in [2.75, 3.05) is 0 Å². The molecule has 1 fully saturated rings. The molecule has 5 nitrogen and oxygen atoms in total. The lowest BCUT2D eigenvalue weighted by Crippen LogP contribution is -2.57. The number of amides is 2. The van der Waals surface area contributed by atoms with Crippen LogP contribution in [0.25, 0.3) is 0 Å². The van der Waals surface area contributed by atoms with Crippen molar-refractivity contribution in [1.82, 2.24) is 10.6 Å². The van der Waals surface area contributed by atoms with Crippen molar-refractivity contribution in [2.45, 2.75) is 12.3 Å². The van der Waals surface area contributed by atoms with Gasteiger partial charge in [-0.05, 0) is 29.2 Å². The first-order chi connectivity index (χ1) is 11.6. The molecule has 0 aliphatic carbocycles. The number of hydrogen-bond donors (Lipinski definition) is 2. The Morgan fingerprint density at radius 2 is 1.75 bits per heavy atom. The van der Waals surface area contributed by atoms with Crippen LogP contribution in [-0.2, 0) is 9.59 Å². The molecule has 122 valence electrons. The second kappa shape index (κ2) is 7.02. The SMILES string of the molecule is O=C(CC(c1ccccc1)C1C(=O)NC(=S)NC1=O)c1cccs1. The molecule has 0 radical (unpaired) electrons. The monoisotopic (exact) mass is 358 g/mol. The molecular weight excluding hydrogens is 344 g/mol. The van der Waals surface area contributed by atoms with E-state index in [0.717, 1.165) is 5.56 Å². The van der Waals surface area contributed by atoms with Crippen molar-refractivity contribution in [2.24, 2.45) is 5.92 Å². The van der Waals surface area contributed by atoms with E-state index in [-0.39, 0.29) is 17.3 Å². The standard InChI is InChI=1S/C17H14N2O3S2/c20-12(13-7-4-8-24-13)9-11(10-5-2-1-3-6-10)14-15(21)18-17(23)19-16(14)22/h1-8,11,14H,9H2,(H2,18,19,21,22,23). The molecule has 1 aromatic carbocycles. The summed E-state index contributed by atoms with van der Waals surface area (Å²) >= 11 is 6.19. The van der Waals surface area contributed by atoms with Crippen LogP contribution in [0, 0.1) is 5.92 Å². The molecule has 1 aromatic heterocycles. The Kier molecular flexibility index (Phi) is 4.82. The van der Waals surface area contributed by atoms with Crippen molar-refractivity contribution in [3.05, 3.63) is 58.3 Å². The number of benzene rings is 1. The lowest BCUT2D eigenvalue weighted by atomic mass is 9.80.